The van der Waals surface area contributed by atoms with E-state index in [4.69, 9.17) is 9.47 Å². The Morgan fingerprint density at radius 3 is 2.30 bits per heavy atom. The largest absolute Gasteiger partial charge is 0.497 e. The predicted molar refractivity (Wildman–Crippen MR) is 97.2 cm³/mol. The number of nitrogens with one attached hydrogen (secondary N) is 2. The van der Waals surface area contributed by atoms with Gasteiger partial charge in [-0.3, -0.25) is 0 Å². The lowest BCUT2D eigenvalue weighted by Crippen LogP contribution is -2.28. The Hall–Kier alpha value is -1.73. The van der Waals surface area contributed by atoms with Gasteiger partial charge in [0, 0.05) is 21.6 Å². The number of benzene rings is 2. The summed E-state index contributed by atoms with van der Waals surface area (Å²) in [6, 6.07) is 10.7. The first kappa shape index (κ1) is 17.6. The van der Waals surface area contributed by atoms with Gasteiger partial charge >= 0.3 is 6.03 Å². The molecular formula is C16H16Br2N2O3. The van der Waals surface area contributed by atoms with Crippen molar-refractivity contribution in [3.05, 3.63) is 50.9 Å². The SMILES string of the molecule is COc1cc(CNC(=O)Nc2cc(Br)ccc2Br)cc(OC)c1. The molecule has 2 aromatic carbocycles. The fourth-order valence-corrected chi connectivity index (χ4v) is 2.62. The average molecular weight is 444 g/mol. The summed E-state index contributed by atoms with van der Waals surface area (Å²) in [5.74, 6) is 1.35. The van der Waals surface area contributed by atoms with Gasteiger partial charge in [0.15, 0.2) is 0 Å². The minimum Gasteiger partial charge on any atom is -0.497 e. The normalized spacial score (nSPS) is 10.1. The molecule has 2 aromatic rings. The zero-order chi connectivity index (χ0) is 16.8. The predicted octanol–water partition coefficient (Wildman–Crippen LogP) is 4.55. The number of carbonyl (C=O) groups excluding carboxylic acids is 1. The van der Waals surface area contributed by atoms with E-state index in [0.29, 0.717) is 23.7 Å². The fraction of sp³-hybridized carbons (Fsp3) is 0.188. The number of urea groups is 1. The van der Waals surface area contributed by atoms with Crippen molar-refractivity contribution < 1.29 is 14.3 Å². The van der Waals surface area contributed by atoms with Crippen molar-refractivity contribution in [3.8, 4) is 11.5 Å². The molecular weight excluding hydrogens is 428 g/mol. The third kappa shape index (κ3) is 5.14. The van der Waals surface area contributed by atoms with E-state index in [0.717, 1.165) is 14.5 Å². The Kier molecular flexibility index (Phi) is 6.29. The Morgan fingerprint density at radius 2 is 1.70 bits per heavy atom. The Labute approximate surface area is 151 Å². The molecule has 2 rings (SSSR count). The summed E-state index contributed by atoms with van der Waals surface area (Å²) in [7, 11) is 3.17. The number of methoxy groups -OCH3 is 2. The third-order valence-electron chi connectivity index (χ3n) is 3.04. The van der Waals surface area contributed by atoms with Crippen LogP contribution < -0.4 is 20.1 Å². The lowest BCUT2D eigenvalue weighted by atomic mass is 10.2. The van der Waals surface area contributed by atoms with Gasteiger partial charge in [-0.15, -0.1) is 0 Å². The second-order valence-electron chi connectivity index (χ2n) is 4.65. The van der Waals surface area contributed by atoms with Gasteiger partial charge in [-0.2, -0.15) is 0 Å². The molecule has 0 aliphatic heterocycles. The van der Waals surface area contributed by atoms with Crippen LogP contribution in [0.15, 0.2) is 45.3 Å². The lowest BCUT2D eigenvalue weighted by Gasteiger charge is -2.11. The van der Waals surface area contributed by atoms with Crippen LogP contribution in [0.3, 0.4) is 0 Å². The summed E-state index contributed by atoms with van der Waals surface area (Å²) < 4.78 is 12.1. The zero-order valence-electron chi connectivity index (χ0n) is 12.7. The quantitative estimate of drug-likeness (QED) is 0.712. The van der Waals surface area contributed by atoms with Crippen molar-refractivity contribution >= 4 is 43.6 Å². The van der Waals surface area contributed by atoms with E-state index >= 15 is 0 Å². The third-order valence-corrected chi connectivity index (χ3v) is 4.23. The number of ether oxygens (including phenoxy) is 2. The van der Waals surface area contributed by atoms with Gasteiger partial charge < -0.3 is 20.1 Å². The molecule has 0 unspecified atom stereocenters. The molecule has 23 heavy (non-hydrogen) atoms. The van der Waals surface area contributed by atoms with Crippen LogP contribution in [0.4, 0.5) is 10.5 Å². The van der Waals surface area contributed by atoms with Gasteiger partial charge in [0.25, 0.3) is 0 Å². The van der Waals surface area contributed by atoms with Crippen LogP contribution in [-0.4, -0.2) is 20.3 Å². The second-order valence-corrected chi connectivity index (χ2v) is 6.42. The maximum absolute atomic E-state index is 12.0. The van der Waals surface area contributed by atoms with Gasteiger partial charge in [-0.25, -0.2) is 4.79 Å². The number of amides is 2. The van der Waals surface area contributed by atoms with E-state index in [1.54, 1.807) is 20.3 Å². The molecule has 0 fully saturated rings. The van der Waals surface area contributed by atoms with Crippen molar-refractivity contribution in [2.45, 2.75) is 6.54 Å². The van der Waals surface area contributed by atoms with E-state index in [2.05, 4.69) is 42.5 Å². The first-order chi connectivity index (χ1) is 11.0. The highest BCUT2D eigenvalue weighted by Crippen LogP contribution is 2.26. The molecule has 122 valence electrons. The molecule has 2 amide bonds. The molecule has 0 bridgehead atoms. The summed E-state index contributed by atoms with van der Waals surface area (Å²) in [5, 5.41) is 5.59. The summed E-state index contributed by atoms with van der Waals surface area (Å²) in [6.45, 7) is 0.352. The monoisotopic (exact) mass is 442 g/mol. The van der Waals surface area contributed by atoms with E-state index in [1.165, 1.54) is 0 Å². The highest BCUT2D eigenvalue weighted by atomic mass is 79.9. The molecule has 7 heteroatoms. The number of halogens is 2. The molecule has 2 N–H and O–H groups in total. The van der Waals surface area contributed by atoms with Gasteiger partial charge in [0.05, 0.1) is 19.9 Å². The van der Waals surface area contributed by atoms with E-state index in [-0.39, 0.29) is 6.03 Å². The lowest BCUT2D eigenvalue weighted by molar-refractivity contribution is 0.251. The summed E-state index contributed by atoms with van der Waals surface area (Å²) in [5.41, 5.74) is 1.56. The minimum atomic E-state index is -0.300. The molecule has 0 saturated heterocycles. The zero-order valence-corrected chi connectivity index (χ0v) is 15.8. The highest BCUT2D eigenvalue weighted by molar-refractivity contribution is 9.11. The molecule has 0 aliphatic rings. The van der Waals surface area contributed by atoms with Gasteiger partial charge in [0.1, 0.15) is 11.5 Å². The first-order valence-electron chi connectivity index (χ1n) is 6.73. The number of carbonyl (C=O) groups is 1. The summed E-state index contributed by atoms with van der Waals surface area (Å²) in [4.78, 5) is 12.0. The topological polar surface area (TPSA) is 59.6 Å². The molecule has 0 heterocycles. The molecule has 0 aromatic heterocycles. The van der Waals surface area contributed by atoms with E-state index in [9.17, 15) is 4.79 Å². The standard InChI is InChI=1S/C16H16Br2N2O3/c1-22-12-5-10(6-13(8-12)23-2)9-19-16(21)20-15-7-11(17)3-4-14(15)18/h3-8H,9H2,1-2H3,(H2,19,20,21). The first-order valence-corrected chi connectivity index (χ1v) is 8.32. The molecule has 5 nitrogen and oxygen atoms in total. The summed E-state index contributed by atoms with van der Waals surface area (Å²) in [6.07, 6.45) is 0. The molecule has 0 atom stereocenters. The van der Waals surface area contributed by atoms with Crippen molar-refractivity contribution in [3.63, 3.8) is 0 Å². The molecule has 0 spiro atoms. The summed E-state index contributed by atoms with van der Waals surface area (Å²) >= 11 is 6.77. The number of hydrogen-bond acceptors (Lipinski definition) is 3. The minimum absolute atomic E-state index is 0.300. The molecule has 0 saturated carbocycles. The van der Waals surface area contributed by atoms with Crippen molar-refractivity contribution in [2.75, 3.05) is 19.5 Å². The van der Waals surface area contributed by atoms with Crippen LogP contribution in [0.5, 0.6) is 11.5 Å². The van der Waals surface area contributed by atoms with Crippen LogP contribution >= 0.6 is 31.9 Å². The number of anilines is 1. The van der Waals surface area contributed by atoms with Crippen molar-refractivity contribution in [1.29, 1.82) is 0 Å². The van der Waals surface area contributed by atoms with E-state index < -0.39 is 0 Å². The fourth-order valence-electron chi connectivity index (χ4n) is 1.91. The van der Waals surface area contributed by atoms with Crippen LogP contribution in [-0.2, 0) is 6.54 Å². The average Bonchev–Trinajstić information content (AvgIpc) is 2.56. The van der Waals surface area contributed by atoms with Crippen LogP contribution in [0.1, 0.15) is 5.56 Å². The molecule has 0 aliphatic carbocycles. The van der Waals surface area contributed by atoms with Crippen LogP contribution in [0.2, 0.25) is 0 Å². The Bertz CT molecular complexity index is 685. The highest BCUT2D eigenvalue weighted by Gasteiger charge is 2.07. The number of rotatable bonds is 5. The maximum atomic E-state index is 12.0. The maximum Gasteiger partial charge on any atom is 0.319 e. The van der Waals surface area contributed by atoms with E-state index in [1.807, 2.05) is 30.3 Å². The van der Waals surface area contributed by atoms with Gasteiger partial charge in [-0.1, -0.05) is 15.9 Å². The van der Waals surface area contributed by atoms with Crippen molar-refractivity contribution in [2.24, 2.45) is 0 Å². The van der Waals surface area contributed by atoms with Crippen molar-refractivity contribution in [1.82, 2.24) is 5.32 Å². The van der Waals surface area contributed by atoms with Gasteiger partial charge in [0.2, 0.25) is 0 Å². The number of hydrogen-bond donors (Lipinski definition) is 2. The Morgan fingerprint density at radius 1 is 1.04 bits per heavy atom. The smallest absolute Gasteiger partial charge is 0.319 e. The van der Waals surface area contributed by atoms with Crippen LogP contribution in [0, 0.1) is 0 Å². The van der Waals surface area contributed by atoms with Crippen LogP contribution in [0.25, 0.3) is 0 Å². The second kappa shape index (κ2) is 8.21. The molecule has 0 radical (unpaired) electrons. The van der Waals surface area contributed by atoms with Gasteiger partial charge in [-0.05, 0) is 51.8 Å². The Balaban J connectivity index is 2.00.